The van der Waals surface area contributed by atoms with Crippen molar-refractivity contribution in [1.82, 2.24) is 14.7 Å². The van der Waals surface area contributed by atoms with Crippen LogP contribution in [0.2, 0.25) is 0 Å². The molecule has 0 aromatic carbocycles. The molecule has 3 heterocycles. The molecule has 2 aliphatic rings. The molecule has 1 aromatic rings. The molecule has 2 aliphatic heterocycles. The van der Waals surface area contributed by atoms with Gasteiger partial charge in [0.05, 0.1) is 12.5 Å². The van der Waals surface area contributed by atoms with Crippen molar-refractivity contribution in [1.29, 1.82) is 0 Å². The predicted octanol–water partition coefficient (Wildman–Crippen LogP) is 2.26. The lowest BCUT2D eigenvalue weighted by atomic mass is 9.96. The van der Waals surface area contributed by atoms with Crippen LogP contribution < -0.4 is 0 Å². The van der Waals surface area contributed by atoms with E-state index in [9.17, 15) is 9.59 Å². The Morgan fingerprint density at radius 1 is 1.20 bits per heavy atom. The highest BCUT2D eigenvalue weighted by molar-refractivity contribution is 7.09. The number of rotatable bonds is 4. The molecule has 7 heteroatoms. The number of carbonyl (C=O) groups is 2. The maximum atomic E-state index is 12.8. The third-order valence-electron chi connectivity index (χ3n) is 4.94. The molecular formula is C18H27N3O3S. The van der Waals surface area contributed by atoms with Gasteiger partial charge in [-0.15, -0.1) is 11.3 Å². The fourth-order valence-corrected chi connectivity index (χ4v) is 4.31. The minimum atomic E-state index is -0.291. The van der Waals surface area contributed by atoms with Crippen molar-refractivity contribution < 1.29 is 14.3 Å². The van der Waals surface area contributed by atoms with Crippen LogP contribution in [0.3, 0.4) is 0 Å². The lowest BCUT2D eigenvalue weighted by Gasteiger charge is -2.38. The number of amides is 2. The summed E-state index contributed by atoms with van der Waals surface area (Å²) in [6, 6.07) is 4.24. The van der Waals surface area contributed by atoms with Crippen LogP contribution in [-0.4, -0.2) is 72.6 Å². The normalized spacial score (nSPS) is 22.0. The summed E-state index contributed by atoms with van der Waals surface area (Å²) >= 11 is 1.78. The third kappa shape index (κ3) is 4.73. The number of likely N-dealkylation sites (tertiary alicyclic amines) is 1. The van der Waals surface area contributed by atoms with Crippen molar-refractivity contribution >= 4 is 23.3 Å². The lowest BCUT2D eigenvalue weighted by molar-refractivity contribution is -0.138. The van der Waals surface area contributed by atoms with Gasteiger partial charge in [0.2, 0.25) is 5.91 Å². The van der Waals surface area contributed by atoms with E-state index in [1.165, 1.54) is 4.88 Å². The Hall–Kier alpha value is -1.60. The summed E-state index contributed by atoms with van der Waals surface area (Å²) < 4.78 is 5.08. The first-order chi connectivity index (χ1) is 12.2. The highest BCUT2D eigenvalue weighted by Crippen LogP contribution is 2.21. The van der Waals surface area contributed by atoms with E-state index in [-0.39, 0.29) is 17.9 Å². The molecule has 0 N–H and O–H groups in total. The summed E-state index contributed by atoms with van der Waals surface area (Å²) in [6.07, 6.45) is 1.44. The summed E-state index contributed by atoms with van der Waals surface area (Å²) in [4.78, 5) is 32.2. The maximum absolute atomic E-state index is 12.8. The lowest BCUT2D eigenvalue weighted by Crippen LogP contribution is -2.52. The van der Waals surface area contributed by atoms with Gasteiger partial charge in [-0.3, -0.25) is 9.69 Å². The van der Waals surface area contributed by atoms with Crippen molar-refractivity contribution in [2.75, 3.05) is 45.9 Å². The van der Waals surface area contributed by atoms with Crippen molar-refractivity contribution in [2.45, 2.75) is 26.3 Å². The molecule has 25 heavy (non-hydrogen) atoms. The van der Waals surface area contributed by atoms with Gasteiger partial charge in [-0.2, -0.15) is 0 Å². The highest BCUT2D eigenvalue weighted by atomic mass is 32.1. The number of carbonyl (C=O) groups excluding carboxylic acids is 2. The highest BCUT2D eigenvalue weighted by Gasteiger charge is 2.33. The Balaban J connectivity index is 1.47. The monoisotopic (exact) mass is 365 g/mol. The Labute approximate surface area is 153 Å². The van der Waals surface area contributed by atoms with Gasteiger partial charge in [-0.25, -0.2) is 4.79 Å². The van der Waals surface area contributed by atoms with Crippen LogP contribution in [0.4, 0.5) is 4.79 Å². The molecule has 2 amide bonds. The maximum Gasteiger partial charge on any atom is 0.409 e. The SMILES string of the molecule is CCOC(=O)N1CCCC(C(=O)N2CCN(Cc3cccs3)CC2)C1. The zero-order valence-electron chi connectivity index (χ0n) is 14.9. The van der Waals surface area contributed by atoms with Crippen LogP contribution in [0.25, 0.3) is 0 Å². The number of hydrogen-bond acceptors (Lipinski definition) is 5. The molecule has 1 aromatic heterocycles. The molecule has 0 spiro atoms. The summed E-state index contributed by atoms with van der Waals surface area (Å²) in [7, 11) is 0. The van der Waals surface area contributed by atoms with Crippen LogP contribution in [0, 0.1) is 5.92 Å². The van der Waals surface area contributed by atoms with Crippen LogP contribution in [-0.2, 0) is 16.1 Å². The minimum absolute atomic E-state index is 0.0815. The molecule has 0 aliphatic carbocycles. The van der Waals surface area contributed by atoms with Gasteiger partial charge in [0.25, 0.3) is 0 Å². The van der Waals surface area contributed by atoms with Gasteiger partial charge in [0.1, 0.15) is 0 Å². The number of piperidine rings is 1. The van der Waals surface area contributed by atoms with E-state index in [0.29, 0.717) is 19.7 Å². The van der Waals surface area contributed by atoms with E-state index in [1.54, 1.807) is 23.2 Å². The molecule has 2 fully saturated rings. The van der Waals surface area contributed by atoms with E-state index >= 15 is 0 Å². The third-order valence-corrected chi connectivity index (χ3v) is 5.80. The average molecular weight is 365 g/mol. The largest absolute Gasteiger partial charge is 0.450 e. The van der Waals surface area contributed by atoms with Crippen LogP contribution in [0.15, 0.2) is 17.5 Å². The first-order valence-electron chi connectivity index (χ1n) is 9.12. The van der Waals surface area contributed by atoms with Crippen molar-refractivity contribution in [3.05, 3.63) is 22.4 Å². The molecule has 138 valence electrons. The summed E-state index contributed by atoms with van der Waals surface area (Å²) in [5.74, 6) is 0.117. The Bertz CT molecular complexity index is 570. The standard InChI is InChI=1S/C18H27N3O3S/c1-2-24-18(23)21-7-3-5-15(13-21)17(22)20-10-8-19(9-11-20)14-16-6-4-12-25-16/h4,6,12,15H,2-3,5,7-11,13-14H2,1H3. The fraction of sp³-hybridized carbons (Fsp3) is 0.667. The van der Waals surface area contributed by atoms with Gasteiger partial charge in [-0.05, 0) is 31.2 Å². The zero-order valence-corrected chi connectivity index (χ0v) is 15.7. The molecule has 0 saturated carbocycles. The van der Waals surface area contributed by atoms with Crippen LogP contribution >= 0.6 is 11.3 Å². The minimum Gasteiger partial charge on any atom is -0.450 e. The first-order valence-corrected chi connectivity index (χ1v) is 10.0. The zero-order chi connectivity index (χ0) is 17.6. The van der Waals surface area contributed by atoms with Crippen LogP contribution in [0.5, 0.6) is 0 Å². The number of nitrogens with zero attached hydrogens (tertiary/aromatic N) is 3. The number of hydrogen-bond donors (Lipinski definition) is 0. The van der Waals surface area contributed by atoms with Crippen molar-refractivity contribution in [2.24, 2.45) is 5.92 Å². The van der Waals surface area contributed by atoms with E-state index in [4.69, 9.17) is 4.74 Å². The van der Waals surface area contributed by atoms with Gasteiger partial charge in [-0.1, -0.05) is 6.07 Å². The molecule has 6 nitrogen and oxygen atoms in total. The Morgan fingerprint density at radius 2 is 2.00 bits per heavy atom. The summed E-state index contributed by atoms with van der Waals surface area (Å²) in [6.45, 7) is 7.72. The molecule has 3 rings (SSSR count). The fourth-order valence-electron chi connectivity index (χ4n) is 3.57. The van der Waals surface area contributed by atoms with Gasteiger partial charge < -0.3 is 14.5 Å². The molecule has 1 atom stereocenters. The predicted molar refractivity (Wildman–Crippen MR) is 97.5 cm³/mol. The van der Waals surface area contributed by atoms with E-state index in [1.807, 2.05) is 4.90 Å². The summed E-state index contributed by atoms with van der Waals surface area (Å²) in [5, 5.41) is 2.10. The Kier molecular flexibility index (Phi) is 6.31. The topological polar surface area (TPSA) is 53.1 Å². The van der Waals surface area contributed by atoms with E-state index in [2.05, 4.69) is 22.4 Å². The van der Waals surface area contributed by atoms with Crippen LogP contribution in [0.1, 0.15) is 24.6 Å². The summed E-state index contributed by atoms with van der Waals surface area (Å²) in [5.41, 5.74) is 0. The molecule has 0 radical (unpaired) electrons. The van der Waals surface area contributed by atoms with E-state index in [0.717, 1.165) is 45.6 Å². The second-order valence-electron chi connectivity index (χ2n) is 6.66. The average Bonchev–Trinajstić information content (AvgIpc) is 3.15. The van der Waals surface area contributed by atoms with Gasteiger partial charge in [0.15, 0.2) is 0 Å². The van der Waals surface area contributed by atoms with Crippen molar-refractivity contribution in [3.8, 4) is 0 Å². The molecule has 2 saturated heterocycles. The van der Waals surface area contributed by atoms with Gasteiger partial charge in [0, 0.05) is 50.7 Å². The number of ether oxygens (including phenoxy) is 1. The first kappa shape index (κ1) is 18.2. The second kappa shape index (κ2) is 8.67. The van der Waals surface area contributed by atoms with Gasteiger partial charge >= 0.3 is 6.09 Å². The smallest absolute Gasteiger partial charge is 0.409 e. The quantitative estimate of drug-likeness (QED) is 0.821. The number of thiophene rings is 1. The Morgan fingerprint density at radius 3 is 2.68 bits per heavy atom. The molecule has 1 unspecified atom stereocenters. The molecular weight excluding hydrogens is 338 g/mol. The molecule has 0 bridgehead atoms. The second-order valence-corrected chi connectivity index (χ2v) is 7.70. The van der Waals surface area contributed by atoms with E-state index < -0.39 is 0 Å². The van der Waals surface area contributed by atoms with Crippen molar-refractivity contribution in [3.63, 3.8) is 0 Å². The number of piperazine rings is 1.